The number of hydrogen-bond acceptors (Lipinski definition) is 3. The molecule has 0 radical (unpaired) electrons. The Bertz CT molecular complexity index is 669. The van der Waals surface area contributed by atoms with Gasteiger partial charge >= 0.3 is 0 Å². The summed E-state index contributed by atoms with van der Waals surface area (Å²) < 4.78 is 27.4. The van der Waals surface area contributed by atoms with Crippen molar-refractivity contribution in [2.75, 3.05) is 13.1 Å². The number of benzene rings is 1. The lowest BCUT2D eigenvalue weighted by atomic mass is 9.98. The standard InChI is InChI=1S/C17H26N2O3S/c1-13-8-10-19(11-9-13)16(20)14-6-5-7-15(12-14)23(21,22)18-17(2,3)4/h5-7,12-13,18H,8-11H2,1-4H3. The number of amides is 1. The van der Waals surface area contributed by atoms with E-state index in [-0.39, 0.29) is 10.8 Å². The summed E-state index contributed by atoms with van der Waals surface area (Å²) in [4.78, 5) is 14.5. The Balaban J connectivity index is 2.21. The van der Waals surface area contributed by atoms with Gasteiger partial charge in [-0.25, -0.2) is 13.1 Å². The molecular weight excluding hydrogens is 312 g/mol. The van der Waals surface area contributed by atoms with Crippen molar-refractivity contribution in [3.8, 4) is 0 Å². The van der Waals surface area contributed by atoms with E-state index in [4.69, 9.17) is 0 Å². The lowest BCUT2D eigenvalue weighted by Crippen LogP contribution is -2.40. The first-order valence-electron chi connectivity index (χ1n) is 8.02. The number of carbonyl (C=O) groups excluding carboxylic acids is 1. The van der Waals surface area contributed by atoms with E-state index < -0.39 is 15.6 Å². The van der Waals surface area contributed by atoms with Crippen LogP contribution in [0.1, 0.15) is 50.9 Å². The van der Waals surface area contributed by atoms with Crippen LogP contribution in [0.2, 0.25) is 0 Å². The molecule has 128 valence electrons. The Hall–Kier alpha value is -1.40. The molecule has 0 atom stereocenters. The second-order valence-electron chi connectivity index (χ2n) is 7.36. The molecule has 1 aromatic carbocycles. The number of nitrogens with one attached hydrogen (secondary N) is 1. The average Bonchev–Trinajstić information content (AvgIpc) is 2.45. The second kappa shape index (κ2) is 6.61. The topological polar surface area (TPSA) is 66.5 Å². The molecule has 1 fully saturated rings. The van der Waals surface area contributed by atoms with Gasteiger partial charge in [-0.2, -0.15) is 0 Å². The first-order valence-corrected chi connectivity index (χ1v) is 9.50. The van der Waals surface area contributed by atoms with E-state index in [2.05, 4.69) is 11.6 Å². The highest BCUT2D eigenvalue weighted by molar-refractivity contribution is 7.89. The number of likely N-dealkylation sites (tertiary alicyclic amines) is 1. The van der Waals surface area contributed by atoms with Gasteiger partial charge in [0.25, 0.3) is 5.91 Å². The number of nitrogens with zero attached hydrogens (tertiary/aromatic N) is 1. The normalized spacial score (nSPS) is 17.3. The summed E-state index contributed by atoms with van der Waals surface area (Å²) >= 11 is 0. The van der Waals surface area contributed by atoms with E-state index in [9.17, 15) is 13.2 Å². The maximum absolute atomic E-state index is 12.6. The second-order valence-corrected chi connectivity index (χ2v) is 9.04. The summed E-state index contributed by atoms with van der Waals surface area (Å²) in [5.74, 6) is 0.548. The molecule has 0 unspecified atom stereocenters. The minimum atomic E-state index is -3.63. The van der Waals surface area contributed by atoms with Crippen molar-refractivity contribution in [2.24, 2.45) is 5.92 Å². The smallest absolute Gasteiger partial charge is 0.253 e. The summed E-state index contributed by atoms with van der Waals surface area (Å²) in [6.07, 6.45) is 1.99. The van der Waals surface area contributed by atoms with E-state index in [1.165, 1.54) is 12.1 Å². The Kier molecular flexibility index (Phi) is 5.16. The van der Waals surface area contributed by atoms with E-state index >= 15 is 0 Å². The van der Waals surface area contributed by atoms with Crippen molar-refractivity contribution in [1.82, 2.24) is 9.62 Å². The van der Waals surface area contributed by atoms with Crippen LogP contribution in [-0.2, 0) is 10.0 Å². The molecule has 23 heavy (non-hydrogen) atoms. The van der Waals surface area contributed by atoms with Crippen molar-refractivity contribution >= 4 is 15.9 Å². The maximum atomic E-state index is 12.6. The Morgan fingerprint density at radius 3 is 2.39 bits per heavy atom. The van der Waals surface area contributed by atoms with Gasteiger partial charge in [-0.3, -0.25) is 4.79 Å². The lowest BCUT2D eigenvalue weighted by molar-refractivity contribution is 0.0697. The molecule has 0 saturated carbocycles. The number of sulfonamides is 1. The van der Waals surface area contributed by atoms with Crippen molar-refractivity contribution in [3.05, 3.63) is 29.8 Å². The third-order valence-corrected chi connectivity index (χ3v) is 5.66. The molecule has 1 saturated heterocycles. The van der Waals surface area contributed by atoms with Crippen LogP contribution in [0.25, 0.3) is 0 Å². The van der Waals surface area contributed by atoms with Gasteiger partial charge in [0.2, 0.25) is 10.0 Å². The van der Waals surface area contributed by atoms with E-state index in [1.807, 2.05) is 4.90 Å². The lowest BCUT2D eigenvalue weighted by Gasteiger charge is -2.30. The SMILES string of the molecule is CC1CCN(C(=O)c2cccc(S(=O)(=O)NC(C)(C)C)c2)CC1. The zero-order valence-corrected chi connectivity index (χ0v) is 15.1. The highest BCUT2D eigenvalue weighted by atomic mass is 32.2. The molecule has 2 rings (SSSR count). The number of piperidine rings is 1. The quantitative estimate of drug-likeness (QED) is 0.921. The molecular formula is C17H26N2O3S. The molecule has 1 aliphatic heterocycles. The summed E-state index contributed by atoms with van der Waals surface area (Å²) in [5, 5.41) is 0. The summed E-state index contributed by atoms with van der Waals surface area (Å²) in [6.45, 7) is 9.01. The zero-order valence-electron chi connectivity index (χ0n) is 14.3. The average molecular weight is 338 g/mol. The van der Waals surface area contributed by atoms with Crippen LogP contribution in [0.3, 0.4) is 0 Å². The van der Waals surface area contributed by atoms with E-state index in [1.54, 1.807) is 32.9 Å². The van der Waals surface area contributed by atoms with Crippen LogP contribution in [-0.4, -0.2) is 37.9 Å². The van der Waals surface area contributed by atoms with Crippen LogP contribution in [0.15, 0.2) is 29.2 Å². The molecule has 0 bridgehead atoms. The molecule has 6 heteroatoms. The van der Waals surface area contributed by atoms with Crippen LogP contribution >= 0.6 is 0 Å². The number of rotatable bonds is 3. The fraction of sp³-hybridized carbons (Fsp3) is 0.588. The van der Waals surface area contributed by atoms with Gasteiger partial charge in [0.1, 0.15) is 0 Å². The largest absolute Gasteiger partial charge is 0.339 e. The summed E-state index contributed by atoms with van der Waals surface area (Å²) in [6, 6.07) is 6.28. The number of hydrogen-bond donors (Lipinski definition) is 1. The highest BCUT2D eigenvalue weighted by Gasteiger charge is 2.25. The third kappa shape index (κ3) is 4.78. The van der Waals surface area contributed by atoms with Gasteiger partial charge in [0, 0.05) is 24.2 Å². The molecule has 0 aliphatic carbocycles. The molecule has 1 amide bonds. The molecule has 0 aromatic heterocycles. The monoisotopic (exact) mass is 338 g/mol. The van der Waals surface area contributed by atoms with Gasteiger partial charge in [-0.1, -0.05) is 13.0 Å². The van der Waals surface area contributed by atoms with Crippen molar-refractivity contribution in [3.63, 3.8) is 0 Å². The fourth-order valence-corrected chi connectivity index (χ4v) is 4.12. The van der Waals surface area contributed by atoms with Crippen molar-refractivity contribution < 1.29 is 13.2 Å². The van der Waals surface area contributed by atoms with Gasteiger partial charge in [-0.05, 0) is 57.7 Å². The van der Waals surface area contributed by atoms with Crippen molar-refractivity contribution in [1.29, 1.82) is 0 Å². The molecule has 0 spiro atoms. The fourth-order valence-electron chi connectivity index (χ4n) is 2.65. The van der Waals surface area contributed by atoms with Crippen LogP contribution in [0, 0.1) is 5.92 Å². The zero-order chi connectivity index (χ0) is 17.3. The van der Waals surface area contributed by atoms with Gasteiger partial charge in [-0.15, -0.1) is 0 Å². The summed E-state index contributed by atoms with van der Waals surface area (Å²) in [7, 11) is -3.63. The van der Waals surface area contributed by atoms with Gasteiger partial charge in [0.05, 0.1) is 4.90 Å². The summed E-state index contributed by atoms with van der Waals surface area (Å²) in [5.41, 5.74) is -0.140. The number of carbonyl (C=O) groups is 1. The third-order valence-electron chi connectivity index (χ3n) is 3.90. The molecule has 5 nitrogen and oxygen atoms in total. The predicted octanol–water partition coefficient (Wildman–Crippen LogP) is 2.64. The maximum Gasteiger partial charge on any atom is 0.253 e. The molecule has 1 N–H and O–H groups in total. The van der Waals surface area contributed by atoms with Crippen LogP contribution < -0.4 is 4.72 Å². The van der Waals surface area contributed by atoms with Gasteiger partial charge in [0.15, 0.2) is 0 Å². The van der Waals surface area contributed by atoms with Crippen LogP contribution in [0.5, 0.6) is 0 Å². The van der Waals surface area contributed by atoms with Crippen LogP contribution in [0.4, 0.5) is 0 Å². The minimum Gasteiger partial charge on any atom is -0.339 e. The predicted molar refractivity (Wildman–Crippen MR) is 90.8 cm³/mol. The van der Waals surface area contributed by atoms with E-state index in [0.29, 0.717) is 11.5 Å². The van der Waals surface area contributed by atoms with Gasteiger partial charge < -0.3 is 4.90 Å². The van der Waals surface area contributed by atoms with E-state index in [0.717, 1.165) is 25.9 Å². The molecule has 1 aromatic rings. The Morgan fingerprint density at radius 1 is 1.22 bits per heavy atom. The first-order chi connectivity index (χ1) is 10.6. The van der Waals surface area contributed by atoms with Crippen molar-refractivity contribution in [2.45, 2.75) is 51.0 Å². The first kappa shape index (κ1) is 17.9. The Morgan fingerprint density at radius 2 is 1.83 bits per heavy atom. The molecule has 1 aliphatic rings. The minimum absolute atomic E-state index is 0.0929. The molecule has 1 heterocycles. The highest BCUT2D eigenvalue weighted by Crippen LogP contribution is 2.20. The Labute approximate surface area is 139 Å².